The zero-order valence-electron chi connectivity index (χ0n) is 34.0. The second-order valence-corrected chi connectivity index (χ2v) is 22.8. The van der Waals surface area contributed by atoms with Crippen molar-refractivity contribution in [3.05, 3.63) is 120 Å². The Labute approximate surface area is 416 Å². The van der Waals surface area contributed by atoms with E-state index in [0.29, 0.717) is 24.3 Å². The van der Waals surface area contributed by atoms with Gasteiger partial charge in [0.25, 0.3) is 89.0 Å². The molecule has 0 saturated heterocycles. The molecule has 0 aliphatic rings. The highest BCUT2D eigenvalue weighted by molar-refractivity contribution is 7.91. The van der Waals surface area contributed by atoms with Crippen LogP contribution in [0.15, 0.2) is 139 Å². The topological polar surface area (TPSA) is 415 Å². The van der Waals surface area contributed by atoms with Crippen LogP contribution in [0.25, 0.3) is 22.3 Å². The highest BCUT2D eigenvalue weighted by Crippen LogP contribution is 2.57. The van der Waals surface area contributed by atoms with Gasteiger partial charge in [-0.15, -0.1) is 0 Å². The second kappa shape index (κ2) is 19.9. The Hall–Kier alpha value is -6.03. The first-order valence-corrected chi connectivity index (χ1v) is 28.1. The van der Waals surface area contributed by atoms with Gasteiger partial charge < -0.3 is 28.3 Å². The van der Waals surface area contributed by atoms with Crippen LogP contribution in [0.2, 0.25) is 0 Å². The molecule has 0 radical (unpaired) electrons. The Morgan fingerprint density at radius 3 is 0.944 bits per heavy atom. The molecule has 0 amide bonds. The van der Waals surface area contributed by atoms with Crippen LogP contribution in [0.3, 0.4) is 0 Å². The smallest absolute Gasteiger partial charge is 0.305 e. The van der Waals surface area contributed by atoms with E-state index in [4.69, 9.17) is 17.8 Å². The molecule has 0 aliphatic carbocycles. The molecule has 0 fully saturated rings. The van der Waals surface area contributed by atoms with Crippen molar-refractivity contribution in [3.63, 3.8) is 0 Å². The van der Waals surface area contributed by atoms with E-state index in [0.717, 1.165) is 48.5 Å². The lowest BCUT2D eigenvalue weighted by Gasteiger charge is -2.23. The van der Waals surface area contributed by atoms with Gasteiger partial charge in [0.05, 0.1) is 11.1 Å². The predicted molar refractivity (Wildman–Crippen MR) is 246 cm³/mol. The lowest BCUT2D eigenvalue weighted by Crippen LogP contribution is -2.15. The normalized spacial score (nSPS) is 12.5. The fourth-order valence-electron chi connectivity index (χ4n) is 6.55. The summed E-state index contributed by atoms with van der Waals surface area (Å²) in [7, 11) is -35.7. The van der Waals surface area contributed by atoms with Gasteiger partial charge in [0.2, 0.25) is 21.3 Å². The summed E-state index contributed by atoms with van der Waals surface area (Å²) in [6, 6.07) is 18.1. The van der Waals surface area contributed by atoms with Crippen molar-refractivity contribution in [1.82, 2.24) is 0 Å². The molecule has 35 heteroatoms. The monoisotopic (exact) mass is 1160 g/mol. The standard InChI is InChI=1S/C36H24N2O24S9/c39-37(63)27-25(21-15-7-9-17-23(21)66(41,42)43)33(68(47,48)49)29(59-19-11-3-1-4-12-19)31(35(27)70(53,54)55)61-65-62-32-30(60-20-13-5-2-6-14-20)34(69(50,51)52)26(28(38(40)64)36(32)71(56,57)58)22-16-8-10-18-24(22)67(44,45)46/h1-18H,(H,41,42,43)(H,44,45,46)(H,47,48,49)(H,50,51,52)(H,53,54,55)(H,56,57,58). The fraction of sp³-hybridized carbons (Fsp3) is 0. The number of rotatable bonds is 18. The van der Waals surface area contributed by atoms with Crippen molar-refractivity contribution in [2.45, 2.75) is 29.4 Å². The summed E-state index contributed by atoms with van der Waals surface area (Å²) in [6.07, 6.45) is 0. The van der Waals surface area contributed by atoms with Crippen molar-refractivity contribution < 1.29 is 104 Å². The molecule has 0 spiro atoms. The maximum Gasteiger partial charge on any atom is 0.305 e. The molecule has 6 N–H and O–H groups in total. The molecule has 26 nitrogen and oxygen atoms in total. The Balaban J connectivity index is 1.81. The highest BCUT2D eigenvalue weighted by Gasteiger charge is 2.46. The van der Waals surface area contributed by atoms with Crippen LogP contribution < -0.4 is 17.8 Å². The third kappa shape index (κ3) is 11.5. The van der Waals surface area contributed by atoms with E-state index in [1.54, 1.807) is 0 Å². The molecule has 376 valence electrons. The van der Waals surface area contributed by atoms with Crippen molar-refractivity contribution in [2.24, 2.45) is 0 Å². The Morgan fingerprint density at radius 2 is 0.676 bits per heavy atom. The minimum atomic E-state index is -6.21. The average Bonchev–Trinajstić information content (AvgIpc) is 3.24. The first kappa shape index (κ1) is 54.3. The van der Waals surface area contributed by atoms with Gasteiger partial charge in [-0.1, -0.05) is 81.0 Å². The molecule has 0 saturated carbocycles. The summed E-state index contributed by atoms with van der Waals surface area (Å²) in [5.41, 5.74) is -8.85. The number of hydrogen-bond acceptors (Lipinski definition) is 21. The van der Waals surface area contributed by atoms with E-state index in [-0.39, 0.29) is 0 Å². The van der Waals surface area contributed by atoms with Gasteiger partial charge in [0.15, 0.2) is 21.3 Å². The van der Waals surface area contributed by atoms with Crippen LogP contribution in [0, 0.1) is 10.4 Å². The van der Waals surface area contributed by atoms with Crippen LogP contribution in [0.5, 0.6) is 34.5 Å². The largest absolute Gasteiger partial charge is 0.605 e. The van der Waals surface area contributed by atoms with Gasteiger partial charge in [0.1, 0.15) is 21.3 Å². The Bertz CT molecular complexity index is 3640. The zero-order chi connectivity index (χ0) is 52.8. The maximum atomic E-state index is 13.5. The van der Waals surface area contributed by atoms with E-state index in [1.807, 2.05) is 0 Å². The lowest BCUT2D eigenvalue weighted by atomic mass is 10.0. The van der Waals surface area contributed by atoms with Crippen molar-refractivity contribution in [3.8, 4) is 56.8 Å². The molecular weight excluding hydrogens is 1130 g/mol. The first-order valence-electron chi connectivity index (χ1n) is 18.0. The minimum Gasteiger partial charge on any atom is -0.605 e. The van der Waals surface area contributed by atoms with Gasteiger partial charge in [-0.25, -0.2) is 0 Å². The average molecular weight is 1160 g/mol. The third-order valence-electron chi connectivity index (χ3n) is 9.02. The maximum absolute atomic E-state index is 13.5. The summed E-state index contributed by atoms with van der Waals surface area (Å²) in [5, 5.41) is 26.7. The van der Waals surface area contributed by atoms with Gasteiger partial charge in [-0.3, -0.25) is 27.3 Å². The van der Waals surface area contributed by atoms with Crippen LogP contribution in [0.1, 0.15) is 0 Å². The lowest BCUT2D eigenvalue weighted by molar-refractivity contribution is -0.328. The Morgan fingerprint density at radius 1 is 0.394 bits per heavy atom. The zero-order valence-corrected chi connectivity index (χ0v) is 41.3. The van der Waals surface area contributed by atoms with E-state index in [2.05, 4.69) is 24.9 Å². The van der Waals surface area contributed by atoms with Gasteiger partial charge in [0, 0.05) is 11.1 Å². The molecule has 6 aromatic carbocycles. The third-order valence-corrected chi connectivity index (χ3v) is 15.3. The number of nitrogens with zero attached hydrogens (tertiary/aromatic N) is 2. The van der Waals surface area contributed by atoms with Crippen LogP contribution in [-0.2, 0) is 85.6 Å². The minimum absolute atomic E-state index is 0.523. The molecule has 6 rings (SSSR count). The quantitative estimate of drug-likeness (QED) is 0.0254. The van der Waals surface area contributed by atoms with Crippen molar-refractivity contribution >= 4 is 109 Å². The van der Waals surface area contributed by atoms with Crippen molar-refractivity contribution in [2.75, 3.05) is 0 Å². The molecule has 0 unspecified atom stereocenters. The predicted octanol–water partition coefficient (Wildman–Crippen LogP) is 5.85. The molecule has 0 atom stereocenters. The highest BCUT2D eigenvalue weighted by atomic mass is 32.2. The summed E-state index contributed by atoms with van der Waals surface area (Å²) in [4.78, 5) is -10.2. The molecule has 71 heavy (non-hydrogen) atoms. The van der Waals surface area contributed by atoms with Gasteiger partial charge in [-0.2, -0.15) is 50.5 Å². The number of hydrogen-bond donors (Lipinski definition) is 6. The molecular formula is C36H24N2O24S9. The van der Waals surface area contributed by atoms with Crippen LogP contribution in [-0.4, -0.2) is 86.0 Å². The molecule has 6 aromatic rings. The number of para-hydroxylation sites is 2. The number of benzene rings is 6. The molecule has 0 aliphatic heterocycles. The van der Waals surface area contributed by atoms with Gasteiger partial charge >= 0.3 is 20.2 Å². The summed E-state index contributed by atoms with van der Waals surface area (Å²) in [6.45, 7) is 0. The summed E-state index contributed by atoms with van der Waals surface area (Å²) in [5.74, 6) is -7.91. The fourth-order valence-corrected chi connectivity index (χ4v) is 12.3. The van der Waals surface area contributed by atoms with E-state index >= 15 is 0 Å². The number of ether oxygens (including phenoxy) is 2. The first-order chi connectivity index (χ1) is 32.8. The van der Waals surface area contributed by atoms with E-state index in [9.17, 15) is 88.2 Å². The van der Waals surface area contributed by atoms with Crippen LogP contribution >= 0.6 is 12.3 Å². The Kier molecular flexibility index (Phi) is 15.2. The molecule has 0 aromatic heterocycles. The SMILES string of the molecule is O=S(=O)(O)c1ccccc1-c1c([N+]([O-])=S)c(S(=O)(=O)O)c(OSOc2c(Oc3ccccc3)c(S(=O)(=O)O)c(-c3ccccc3S(=O)(=O)O)c([N+]([O-])=S)c2S(=O)(=O)O)c(Oc2ccccc2)c1S(=O)(=O)O. The van der Waals surface area contributed by atoms with E-state index in [1.165, 1.54) is 36.4 Å². The summed E-state index contributed by atoms with van der Waals surface area (Å²) < 4.78 is 242. The van der Waals surface area contributed by atoms with E-state index < -0.39 is 179 Å². The van der Waals surface area contributed by atoms with Crippen LogP contribution in [0.4, 0.5) is 11.4 Å². The second-order valence-electron chi connectivity index (χ2n) is 13.5. The summed E-state index contributed by atoms with van der Waals surface area (Å²) >= 11 is 8.38. The van der Waals surface area contributed by atoms with Crippen molar-refractivity contribution in [1.29, 1.82) is 0 Å². The molecule has 0 heterocycles. The molecule has 0 bridgehead atoms. The van der Waals surface area contributed by atoms with Gasteiger partial charge in [-0.05, 0) is 36.4 Å².